The molecule has 0 saturated carbocycles. The molecule has 0 bridgehead atoms. The number of carbonyl (C=O) groups is 2. The summed E-state index contributed by atoms with van der Waals surface area (Å²) in [7, 11) is 1.20. The van der Waals surface area contributed by atoms with E-state index >= 15 is 0 Å². The molecule has 0 radical (unpaired) electrons. The number of primary amides is 1. The molecule has 31 heavy (non-hydrogen) atoms. The number of hydrogen-bond donors (Lipinski definition) is 1. The number of allylic oxidation sites excluding steroid dienone is 3. The Morgan fingerprint density at radius 2 is 2.10 bits per heavy atom. The zero-order valence-electron chi connectivity index (χ0n) is 16.0. The summed E-state index contributed by atoms with van der Waals surface area (Å²) in [6, 6.07) is 3.88. The van der Waals surface area contributed by atoms with Gasteiger partial charge in [-0.1, -0.05) is 29.4 Å². The summed E-state index contributed by atoms with van der Waals surface area (Å²) in [6.07, 6.45) is 1.43. The van der Waals surface area contributed by atoms with Crippen LogP contribution in [0.2, 0.25) is 0 Å². The van der Waals surface area contributed by atoms with Gasteiger partial charge in [0.15, 0.2) is 11.9 Å². The molecule has 0 saturated heterocycles. The number of nitrogens with zero attached hydrogens (tertiary/aromatic N) is 3. The molecular weight excluding hydrogens is 421 g/mol. The highest BCUT2D eigenvalue weighted by atomic mass is 19.4. The van der Waals surface area contributed by atoms with Crippen LogP contribution in [0.4, 0.5) is 18.9 Å². The van der Waals surface area contributed by atoms with Crippen molar-refractivity contribution < 1.29 is 32.4 Å². The predicted octanol–water partition coefficient (Wildman–Crippen LogP) is 2.66. The van der Waals surface area contributed by atoms with E-state index < -0.39 is 38.6 Å². The van der Waals surface area contributed by atoms with Crippen LogP contribution in [0.3, 0.4) is 0 Å². The molecule has 1 amide bonds. The largest absolute Gasteiger partial charge is 0.442 e. The molecule has 1 aliphatic carbocycles. The summed E-state index contributed by atoms with van der Waals surface area (Å²) in [5.74, 6) is -1.87. The van der Waals surface area contributed by atoms with Gasteiger partial charge < -0.3 is 10.5 Å². The third kappa shape index (κ3) is 3.61. The summed E-state index contributed by atoms with van der Waals surface area (Å²) >= 11 is 0. The van der Waals surface area contributed by atoms with Gasteiger partial charge in [-0.2, -0.15) is 13.2 Å². The van der Waals surface area contributed by atoms with Crippen LogP contribution in [0.1, 0.15) is 22.3 Å². The predicted molar refractivity (Wildman–Crippen MR) is 103 cm³/mol. The molecular formula is C19H16F3N4O5+. The van der Waals surface area contributed by atoms with E-state index in [1.807, 2.05) is 0 Å². The van der Waals surface area contributed by atoms with Crippen molar-refractivity contribution in [1.29, 1.82) is 0 Å². The fourth-order valence-corrected chi connectivity index (χ4v) is 3.63. The number of carbonyl (C=O) groups excluding carboxylic acids is 2. The molecule has 2 unspecified atom stereocenters. The van der Waals surface area contributed by atoms with Crippen LogP contribution in [0, 0.1) is 10.1 Å². The quantitative estimate of drug-likeness (QED) is 0.317. The van der Waals surface area contributed by atoms with Gasteiger partial charge in [-0.05, 0) is 12.1 Å². The average molecular weight is 437 g/mol. The maximum absolute atomic E-state index is 13.5. The highest BCUT2D eigenvalue weighted by Crippen LogP contribution is 2.45. The molecule has 3 rings (SSSR count). The third-order valence-corrected chi connectivity index (χ3v) is 4.96. The molecule has 1 aromatic rings. The van der Waals surface area contributed by atoms with Crippen molar-refractivity contribution in [1.82, 2.24) is 4.59 Å². The second-order valence-corrected chi connectivity index (χ2v) is 6.92. The first kappa shape index (κ1) is 21.9. The number of benzene rings is 1. The number of alkyl halides is 3. The first-order valence-corrected chi connectivity index (χ1v) is 8.76. The highest BCUT2D eigenvalue weighted by Gasteiger charge is 2.54. The monoisotopic (exact) mass is 437 g/mol. The standard InChI is InChI=1S/C19H15F3N4O5/c1-26(10-14(31-11-27)16(24-26)19(20,21)22)13-7-5-6-12(17(23)28)15(13)18(25(29)30)8-3-2-4-9-18/h2-8,10-11H,9H2,1H3,(H-,23,28)/p+1. The van der Waals surface area contributed by atoms with Crippen molar-refractivity contribution in [3.63, 3.8) is 0 Å². The van der Waals surface area contributed by atoms with E-state index in [0.29, 0.717) is 0 Å². The van der Waals surface area contributed by atoms with Crippen molar-refractivity contribution in [3.8, 4) is 0 Å². The van der Waals surface area contributed by atoms with Crippen LogP contribution >= 0.6 is 0 Å². The molecule has 9 nitrogen and oxygen atoms in total. The van der Waals surface area contributed by atoms with E-state index in [1.165, 1.54) is 43.5 Å². The number of hydrogen-bond acceptors (Lipinski definition) is 6. The molecule has 1 aliphatic heterocycles. The number of ether oxygens (including phenoxy) is 1. The lowest BCUT2D eigenvalue weighted by Gasteiger charge is -2.30. The molecule has 1 aromatic carbocycles. The Labute approximate surface area is 173 Å². The van der Waals surface area contributed by atoms with Crippen LogP contribution in [0.15, 0.2) is 59.6 Å². The summed E-state index contributed by atoms with van der Waals surface area (Å²) in [4.78, 5) is 34.4. The van der Waals surface area contributed by atoms with Gasteiger partial charge in [0.1, 0.15) is 12.6 Å². The Hall–Kier alpha value is -3.80. The number of nitrogens with two attached hydrogens (primary N) is 1. The highest BCUT2D eigenvalue weighted by molar-refractivity contribution is 6.05. The molecule has 0 aromatic heterocycles. The van der Waals surface area contributed by atoms with Crippen LogP contribution in [-0.2, 0) is 15.1 Å². The second kappa shape index (κ2) is 7.47. The second-order valence-electron chi connectivity index (χ2n) is 6.92. The minimum atomic E-state index is -4.97. The first-order chi connectivity index (χ1) is 14.5. The topological polar surface area (TPSA) is 125 Å². The number of rotatable bonds is 6. The van der Waals surface area contributed by atoms with Crippen LogP contribution in [-0.4, -0.2) is 36.2 Å². The van der Waals surface area contributed by atoms with Gasteiger partial charge in [-0.25, -0.2) is 0 Å². The SMILES string of the molecule is C[N+]1(c2cccc(C(N)=O)c2C2([N+](=O)[O-])C=CC=CC2)C=C(OC=O)C(C(F)(F)F)=N1. The Morgan fingerprint density at radius 3 is 2.61 bits per heavy atom. The fourth-order valence-electron chi connectivity index (χ4n) is 3.63. The van der Waals surface area contributed by atoms with Crippen molar-refractivity contribution in [2.24, 2.45) is 10.8 Å². The van der Waals surface area contributed by atoms with E-state index in [1.54, 1.807) is 6.08 Å². The molecule has 162 valence electrons. The molecule has 2 N–H and O–H groups in total. The number of quaternary nitrogens is 1. The van der Waals surface area contributed by atoms with Crippen LogP contribution in [0.5, 0.6) is 0 Å². The number of nitro groups is 1. The Balaban J connectivity index is 2.37. The lowest BCUT2D eigenvalue weighted by atomic mass is 9.80. The van der Waals surface area contributed by atoms with Crippen LogP contribution < -0.4 is 10.3 Å². The summed E-state index contributed by atoms with van der Waals surface area (Å²) in [6.45, 7) is -0.184. The van der Waals surface area contributed by atoms with E-state index in [4.69, 9.17) is 5.73 Å². The third-order valence-electron chi connectivity index (χ3n) is 4.96. The maximum Gasteiger partial charge on any atom is 0.442 e. The summed E-state index contributed by atoms with van der Waals surface area (Å²) in [5.41, 5.74) is 1.43. The van der Waals surface area contributed by atoms with Gasteiger partial charge in [-0.15, -0.1) is 4.59 Å². The smallest absolute Gasteiger partial charge is 0.420 e. The van der Waals surface area contributed by atoms with Gasteiger partial charge >= 0.3 is 6.18 Å². The minimum Gasteiger partial charge on any atom is -0.420 e. The van der Waals surface area contributed by atoms with E-state index in [2.05, 4.69) is 9.84 Å². The summed E-state index contributed by atoms with van der Waals surface area (Å²) < 4.78 is 43.9. The maximum atomic E-state index is 13.5. The Morgan fingerprint density at radius 1 is 1.39 bits per heavy atom. The van der Waals surface area contributed by atoms with Gasteiger partial charge in [0.2, 0.25) is 17.4 Å². The Kier molecular flexibility index (Phi) is 5.28. The van der Waals surface area contributed by atoms with Gasteiger partial charge in [-0.3, -0.25) is 19.7 Å². The summed E-state index contributed by atoms with van der Waals surface area (Å²) in [5, 5.41) is 15.8. The molecule has 12 heteroatoms. The van der Waals surface area contributed by atoms with Crippen molar-refractivity contribution >= 4 is 23.8 Å². The van der Waals surface area contributed by atoms with E-state index in [-0.39, 0.29) is 29.7 Å². The molecule has 0 fully saturated rings. The fraction of sp³-hybridized carbons (Fsp3) is 0.211. The minimum absolute atomic E-state index is 0.112. The lowest BCUT2D eigenvalue weighted by Crippen LogP contribution is -2.41. The molecule has 2 aliphatic rings. The average Bonchev–Trinajstić information content (AvgIpc) is 3.06. The van der Waals surface area contributed by atoms with Crippen molar-refractivity contribution in [3.05, 3.63) is 75.7 Å². The number of halogens is 3. The van der Waals surface area contributed by atoms with Gasteiger partial charge in [0.25, 0.3) is 12.0 Å². The van der Waals surface area contributed by atoms with Crippen LogP contribution in [0.25, 0.3) is 0 Å². The van der Waals surface area contributed by atoms with Gasteiger partial charge in [0, 0.05) is 17.4 Å². The van der Waals surface area contributed by atoms with E-state index in [0.717, 1.165) is 6.20 Å². The first-order valence-electron chi connectivity index (χ1n) is 8.76. The zero-order valence-corrected chi connectivity index (χ0v) is 16.0. The van der Waals surface area contributed by atoms with E-state index in [9.17, 15) is 32.9 Å². The number of amides is 1. The lowest BCUT2D eigenvalue weighted by molar-refractivity contribution is -0.563. The van der Waals surface area contributed by atoms with Gasteiger partial charge in [0.05, 0.1) is 5.56 Å². The molecule has 1 heterocycles. The normalized spacial score (nSPS) is 25.0. The molecule has 2 atom stereocenters. The zero-order chi connectivity index (χ0) is 23.0. The van der Waals surface area contributed by atoms with Crippen molar-refractivity contribution in [2.45, 2.75) is 18.1 Å². The Bertz CT molecular complexity index is 1090. The van der Waals surface area contributed by atoms with Crippen molar-refractivity contribution in [2.75, 3.05) is 7.05 Å². The molecule has 0 spiro atoms.